The number of rotatable bonds is 6. The first kappa shape index (κ1) is 17.7. The summed E-state index contributed by atoms with van der Waals surface area (Å²) in [7, 11) is 2.79. The molecule has 0 heterocycles. The highest BCUT2D eigenvalue weighted by Gasteiger charge is 2.22. The minimum absolute atomic E-state index is 0.140. The van der Waals surface area contributed by atoms with Gasteiger partial charge >= 0.3 is 0 Å². The molecule has 0 unspecified atom stereocenters. The summed E-state index contributed by atoms with van der Waals surface area (Å²) in [5.41, 5.74) is 0.826. The minimum Gasteiger partial charge on any atom is -0.502 e. The Bertz CT molecular complexity index is 927. The fourth-order valence-corrected chi connectivity index (χ4v) is 2.89. The number of benzene rings is 3. The van der Waals surface area contributed by atoms with Gasteiger partial charge in [-0.3, -0.25) is 4.79 Å². The van der Waals surface area contributed by atoms with Crippen LogP contribution in [0.3, 0.4) is 0 Å². The molecule has 0 radical (unpaired) electrons. The van der Waals surface area contributed by atoms with E-state index < -0.39 is 12.0 Å². The third-order valence-electron chi connectivity index (χ3n) is 4.27. The summed E-state index contributed by atoms with van der Waals surface area (Å²) in [6.07, 6.45) is -1.85. The zero-order valence-electron chi connectivity index (χ0n) is 14.5. The van der Waals surface area contributed by atoms with Crippen LogP contribution in [0.25, 0.3) is 10.8 Å². The van der Waals surface area contributed by atoms with Gasteiger partial charge in [-0.1, -0.05) is 36.4 Å². The van der Waals surface area contributed by atoms with Crippen LogP contribution in [0.2, 0.25) is 0 Å². The molecule has 4 nitrogen and oxygen atoms in total. The van der Waals surface area contributed by atoms with Crippen LogP contribution in [0.5, 0.6) is 17.2 Å². The van der Waals surface area contributed by atoms with E-state index in [1.807, 2.05) is 30.3 Å². The van der Waals surface area contributed by atoms with Crippen LogP contribution in [0.15, 0.2) is 54.6 Å². The van der Waals surface area contributed by atoms with Crippen LogP contribution in [-0.2, 0) is 6.42 Å². The normalized spacial score (nSPS) is 12.0. The summed E-state index contributed by atoms with van der Waals surface area (Å²) in [4.78, 5) is 12.5. The van der Waals surface area contributed by atoms with E-state index in [1.54, 1.807) is 12.1 Å². The Hall–Kier alpha value is -3.08. The zero-order valence-corrected chi connectivity index (χ0v) is 14.5. The zero-order chi connectivity index (χ0) is 18.7. The molecule has 0 aliphatic rings. The highest BCUT2D eigenvalue weighted by atomic mass is 19.1. The number of Topliss-reactive ketones (excluding diaryl/α,β-unsaturated/α-hetero) is 1. The van der Waals surface area contributed by atoms with Gasteiger partial charge in [0.25, 0.3) is 0 Å². The molecule has 0 fully saturated rings. The average Bonchev–Trinajstić information content (AvgIpc) is 2.68. The number of phenols is 1. The van der Waals surface area contributed by atoms with Crippen molar-refractivity contribution in [2.75, 3.05) is 14.2 Å². The largest absolute Gasteiger partial charge is 0.502 e. The van der Waals surface area contributed by atoms with Crippen molar-refractivity contribution in [1.29, 1.82) is 0 Å². The quantitative estimate of drug-likeness (QED) is 0.670. The number of methoxy groups -OCH3 is 2. The lowest BCUT2D eigenvalue weighted by atomic mass is 9.98. The highest BCUT2D eigenvalue weighted by Crippen LogP contribution is 2.37. The van der Waals surface area contributed by atoms with Gasteiger partial charge in [-0.05, 0) is 34.5 Å². The molecule has 0 aliphatic heterocycles. The van der Waals surface area contributed by atoms with Crippen molar-refractivity contribution in [2.45, 2.75) is 12.6 Å². The monoisotopic (exact) mass is 354 g/mol. The van der Waals surface area contributed by atoms with Crippen LogP contribution in [0.4, 0.5) is 4.39 Å². The topological polar surface area (TPSA) is 55.8 Å². The molecule has 26 heavy (non-hydrogen) atoms. The molecule has 0 aliphatic carbocycles. The highest BCUT2D eigenvalue weighted by molar-refractivity contribution is 6.02. The van der Waals surface area contributed by atoms with E-state index >= 15 is 0 Å². The fourth-order valence-electron chi connectivity index (χ4n) is 2.89. The first-order valence-corrected chi connectivity index (χ1v) is 8.14. The van der Waals surface area contributed by atoms with Gasteiger partial charge < -0.3 is 14.6 Å². The van der Waals surface area contributed by atoms with E-state index in [9.17, 15) is 14.3 Å². The molecule has 0 aromatic heterocycles. The Morgan fingerprint density at radius 1 is 1.00 bits per heavy atom. The number of hydrogen-bond donors (Lipinski definition) is 1. The number of hydrogen-bond acceptors (Lipinski definition) is 4. The van der Waals surface area contributed by atoms with Crippen molar-refractivity contribution < 1.29 is 23.8 Å². The molecule has 3 aromatic rings. The number of halogens is 1. The summed E-state index contributed by atoms with van der Waals surface area (Å²) in [6, 6.07) is 15.7. The van der Waals surface area contributed by atoms with Crippen LogP contribution < -0.4 is 9.47 Å². The maximum absolute atomic E-state index is 14.6. The van der Waals surface area contributed by atoms with Gasteiger partial charge in [0.05, 0.1) is 14.2 Å². The Morgan fingerprint density at radius 3 is 2.23 bits per heavy atom. The number of fused-ring (bicyclic) bond motifs is 1. The molecule has 5 heteroatoms. The van der Waals surface area contributed by atoms with Crippen molar-refractivity contribution in [3.8, 4) is 17.2 Å². The number of carbonyl (C=O) groups excluding carboxylic acids is 1. The predicted octanol–water partition coefficient (Wildman–Crippen LogP) is 4.33. The summed E-state index contributed by atoms with van der Waals surface area (Å²) in [5.74, 6) is -0.397. The SMILES string of the molecule is COc1cc(C[C@H](F)C(=O)c2ccc3ccccc3c2)cc(OC)c1O. The molecular weight excluding hydrogens is 335 g/mol. The van der Waals surface area contributed by atoms with Crippen molar-refractivity contribution in [3.63, 3.8) is 0 Å². The van der Waals surface area contributed by atoms with E-state index in [1.165, 1.54) is 26.4 Å². The van der Waals surface area contributed by atoms with Gasteiger partial charge in [0, 0.05) is 12.0 Å². The molecule has 0 amide bonds. The Balaban J connectivity index is 1.84. The van der Waals surface area contributed by atoms with Crippen LogP contribution in [0.1, 0.15) is 15.9 Å². The van der Waals surface area contributed by atoms with E-state index in [0.717, 1.165) is 10.8 Å². The molecule has 1 N–H and O–H groups in total. The molecule has 3 rings (SSSR count). The molecule has 1 atom stereocenters. The minimum atomic E-state index is -1.71. The molecule has 134 valence electrons. The lowest BCUT2D eigenvalue weighted by Crippen LogP contribution is -2.18. The first-order chi connectivity index (χ1) is 12.5. The van der Waals surface area contributed by atoms with E-state index in [-0.39, 0.29) is 23.7 Å². The fraction of sp³-hybridized carbons (Fsp3) is 0.190. The maximum atomic E-state index is 14.6. The second-order valence-corrected chi connectivity index (χ2v) is 5.95. The summed E-state index contributed by atoms with van der Waals surface area (Å²) in [5, 5.41) is 11.8. The standard InChI is InChI=1S/C21H19FO4/c1-25-18-10-13(11-19(26-2)21(18)24)9-17(22)20(23)16-8-7-14-5-3-4-6-15(14)12-16/h3-8,10-12,17,24H,9H2,1-2H3/t17-/m0/s1. The van der Waals surface area contributed by atoms with Gasteiger partial charge in [0.15, 0.2) is 23.5 Å². The second-order valence-electron chi connectivity index (χ2n) is 5.95. The Morgan fingerprint density at radius 2 is 1.62 bits per heavy atom. The van der Waals surface area contributed by atoms with Crippen molar-refractivity contribution in [2.24, 2.45) is 0 Å². The number of carbonyl (C=O) groups is 1. The first-order valence-electron chi connectivity index (χ1n) is 8.14. The van der Waals surface area contributed by atoms with Crippen molar-refractivity contribution >= 4 is 16.6 Å². The number of ketones is 1. The van der Waals surface area contributed by atoms with Gasteiger partial charge in [0.1, 0.15) is 0 Å². The van der Waals surface area contributed by atoms with Crippen LogP contribution in [0, 0.1) is 0 Å². The number of aromatic hydroxyl groups is 1. The van der Waals surface area contributed by atoms with Gasteiger partial charge in [-0.2, -0.15) is 0 Å². The Kier molecular flexibility index (Phi) is 5.07. The third kappa shape index (κ3) is 3.47. The van der Waals surface area contributed by atoms with E-state index in [2.05, 4.69) is 0 Å². The average molecular weight is 354 g/mol. The third-order valence-corrected chi connectivity index (χ3v) is 4.27. The second kappa shape index (κ2) is 7.44. The van der Waals surface area contributed by atoms with E-state index in [0.29, 0.717) is 11.1 Å². The lowest BCUT2D eigenvalue weighted by molar-refractivity contribution is 0.0877. The van der Waals surface area contributed by atoms with Gasteiger partial charge in [0.2, 0.25) is 5.75 Å². The molecule has 0 spiro atoms. The van der Waals surface area contributed by atoms with Crippen LogP contribution in [-0.4, -0.2) is 31.3 Å². The molecule has 0 saturated heterocycles. The van der Waals surface area contributed by atoms with Crippen molar-refractivity contribution in [1.82, 2.24) is 0 Å². The number of phenolic OH excluding ortho intramolecular Hbond substituents is 1. The van der Waals surface area contributed by atoms with E-state index in [4.69, 9.17) is 9.47 Å². The van der Waals surface area contributed by atoms with Crippen LogP contribution >= 0.6 is 0 Å². The lowest BCUT2D eigenvalue weighted by Gasteiger charge is -2.13. The predicted molar refractivity (Wildman–Crippen MR) is 98.1 cm³/mol. The Labute approximate surface area is 150 Å². The van der Waals surface area contributed by atoms with Crippen molar-refractivity contribution in [3.05, 3.63) is 65.7 Å². The van der Waals surface area contributed by atoms with Gasteiger partial charge in [-0.25, -0.2) is 4.39 Å². The molecular formula is C21H19FO4. The molecule has 3 aromatic carbocycles. The smallest absolute Gasteiger partial charge is 0.200 e. The van der Waals surface area contributed by atoms with Gasteiger partial charge in [-0.15, -0.1) is 0 Å². The number of alkyl halides is 1. The molecule has 0 saturated carbocycles. The molecule has 0 bridgehead atoms. The summed E-state index contributed by atoms with van der Waals surface area (Å²) < 4.78 is 24.8. The number of ether oxygens (including phenoxy) is 2. The summed E-state index contributed by atoms with van der Waals surface area (Å²) >= 11 is 0. The summed E-state index contributed by atoms with van der Waals surface area (Å²) in [6.45, 7) is 0. The maximum Gasteiger partial charge on any atom is 0.200 e.